The van der Waals surface area contributed by atoms with Gasteiger partial charge in [0.25, 0.3) is 11.1 Å². The predicted octanol–water partition coefficient (Wildman–Crippen LogP) is -4.84. The van der Waals surface area contributed by atoms with Gasteiger partial charge in [-0.15, -0.1) is 12.8 Å². The number of aromatic nitrogens is 8. The number of fused-ring (bicyclic) bond motifs is 2. The van der Waals surface area contributed by atoms with E-state index in [-0.39, 0.29) is 60.2 Å². The maximum atomic E-state index is 12.7. The highest BCUT2D eigenvalue weighted by molar-refractivity contribution is 5.79. The number of hydrogen-bond donors (Lipinski definition) is 7. The Kier molecular flexibility index (Phi) is 9.15. The molecule has 4 aromatic heterocycles. The van der Waals surface area contributed by atoms with Crippen molar-refractivity contribution >= 4 is 46.1 Å². The lowest BCUT2D eigenvalue weighted by Gasteiger charge is -2.15. The predicted molar refractivity (Wildman–Crippen MR) is 166 cm³/mol. The third-order valence-electron chi connectivity index (χ3n) is 7.63. The number of imidazole rings is 2. The van der Waals surface area contributed by atoms with Gasteiger partial charge in [0.1, 0.15) is 18.3 Å². The molecule has 49 heavy (non-hydrogen) atoms. The molecule has 4 aromatic rings. The Hall–Kier alpha value is -6.20. The van der Waals surface area contributed by atoms with Crippen molar-refractivity contribution < 1.29 is 34.0 Å². The van der Waals surface area contributed by atoms with E-state index in [0.29, 0.717) is 0 Å². The molecule has 2 saturated heterocycles. The average Bonchev–Trinajstić information content (AvgIpc) is 3.75. The zero-order valence-corrected chi connectivity index (χ0v) is 25.4. The molecule has 2 fully saturated rings. The van der Waals surface area contributed by atoms with Gasteiger partial charge in [-0.3, -0.25) is 33.5 Å². The highest BCUT2D eigenvalue weighted by Crippen LogP contribution is 2.31. The smallest absolute Gasteiger partial charge is 0.335 e. The molecule has 0 radical (unpaired) electrons. The van der Waals surface area contributed by atoms with E-state index in [1.807, 2.05) is 0 Å². The summed E-state index contributed by atoms with van der Waals surface area (Å²) in [5.41, 5.74) is 13.1. The Morgan fingerprint density at radius 1 is 0.857 bits per heavy atom. The Bertz CT molecular complexity index is 2300. The van der Waals surface area contributed by atoms with E-state index < -0.39 is 71.2 Å². The zero-order chi connectivity index (χ0) is 35.9. The average molecular weight is 684 g/mol. The van der Waals surface area contributed by atoms with E-state index in [1.54, 1.807) is 0 Å². The van der Waals surface area contributed by atoms with Gasteiger partial charge in [-0.1, -0.05) is 11.8 Å². The van der Waals surface area contributed by atoms with Crippen molar-refractivity contribution in [3.63, 3.8) is 0 Å². The van der Waals surface area contributed by atoms with Crippen molar-refractivity contribution in [2.75, 3.05) is 18.6 Å². The van der Waals surface area contributed by atoms with E-state index in [1.165, 1.54) is 7.11 Å². The summed E-state index contributed by atoms with van der Waals surface area (Å²) in [5.74, 6) is 2.62. The molecule has 258 valence electrons. The largest absolute Gasteiger partial charge is 0.467 e. The van der Waals surface area contributed by atoms with E-state index in [9.17, 15) is 39.0 Å². The number of anilines is 2. The van der Waals surface area contributed by atoms with Gasteiger partial charge in [0, 0.05) is 12.8 Å². The summed E-state index contributed by atoms with van der Waals surface area (Å²) in [5, 5.41) is 20.4. The fourth-order valence-electron chi connectivity index (χ4n) is 5.57. The molecule has 0 bridgehead atoms. The number of aliphatic hydroxyl groups is 2. The molecule has 0 aliphatic carbocycles. The number of hydrogen-bond acceptors (Lipinski definition) is 15. The first-order valence-electron chi connectivity index (χ1n) is 14.2. The number of rotatable bonds is 6. The van der Waals surface area contributed by atoms with Crippen LogP contribution in [-0.4, -0.2) is 91.8 Å². The monoisotopic (exact) mass is 683 g/mol. The molecule has 0 aromatic carbocycles. The molecule has 22 nitrogen and oxygen atoms in total. The van der Waals surface area contributed by atoms with Crippen molar-refractivity contribution in [1.82, 2.24) is 38.2 Å². The van der Waals surface area contributed by atoms with Crippen LogP contribution in [-0.2, 0) is 36.9 Å². The Balaban J connectivity index is 0.000000191. The molecule has 22 heteroatoms. The molecule has 6 atom stereocenters. The number of nitrogens with one attached hydrogen (secondary N) is 2. The van der Waals surface area contributed by atoms with Crippen LogP contribution in [0, 0.1) is 24.7 Å². The Morgan fingerprint density at radius 2 is 1.27 bits per heavy atom. The third-order valence-corrected chi connectivity index (χ3v) is 7.63. The second kappa shape index (κ2) is 13.1. The lowest BCUT2D eigenvalue weighted by Crippen LogP contribution is -2.32. The standard InChI is InChI=1S/C14H15N5O6.C13H14N6O5/c1-3-4-18-8-9(16-13(15)17-10(8)21)19(14(18)23)11-6(20)5-7(25-11)12(22)24-2;1-2-3-18-7-9(16-12(15)17-10(7)22)19(13(18)23)11-5(20)4-6(24-11)8(14)21/h1,6-7,11,20H,4-5H2,2H3,(H3,15,16,17,21);1,5-6,11,20H,3-4H2,(H2,14,21)(H3,15,16,17,22)/t6-,7+,11-;5-,6+,11-/m11/s1. The van der Waals surface area contributed by atoms with Gasteiger partial charge in [0.2, 0.25) is 17.8 Å². The second-order valence-corrected chi connectivity index (χ2v) is 10.7. The van der Waals surface area contributed by atoms with Crippen LogP contribution < -0.4 is 39.7 Å². The molecule has 2 aliphatic heterocycles. The Morgan fingerprint density at radius 3 is 1.63 bits per heavy atom. The number of carbonyl (C=O) groups excluding carboxylic acids is 2. The minimum Gasteiger partial charge on any atom is -0.467 e. The summed E-state index contributed by atoms with van der Waals surface area (Å²) in [6.07, 6.45) is 3.31. The van der Waals surface area contributed by atoms with Gasteiger partial charge < -0.3 is 41.6 Å². The number of ether oxygens (including phenoxy) is 3. The van der Waals surface area contributed by atoms with Crippen molar-refractivity contribution in [2.24, 2.45) is 5.73 Å². The first-order chi connectivity index (χ1) is 23.2. The normalized spacial score (nSPS) is 23.1. The molecule has 6 rings (SSSR count). The fourth-order valence-corrected chi connectivity index (χ4v) is 5.57. The van der Waals surface area contributed by atoms with Crippen LogP contribution in [0.4, 0.5) is 11.9 Å². The third kappa shape index (κ3) is 5.92. The summed E-state index contributed by atoms with van der Waals surface area (Å²) in [4.78, 5) is 85.0. The number of carbonyl (C=O) groups is 2. The highest BCUT2D eigenvalue weighted by atomic mass is 16.6. The second-order valence-electron chi connectivity index (χ2n) is 10.7. The van der Waals surface area contributed by atoms with Gasteiger partial charge in [0.05, 0.1) is 20.2 Å². The van der Waals surface area contributed by atoms with Gasteiger partial charge in [-0.2, -0.15) is 9.97 Å². The van der Waals surface area contributed by atoms with Crippen LogP contribution in [0.25, 0.3) is 22.3 Å². The first-order valence-corrected chi connectivity index (χ1v) is 14.2. The minimum atomic E-state index is -1.25. The van der Waals surface area contributed by atoms with Crippen molar-refractivity contribution in [1.29, 1.82) is 0 Å². The topological polar surface area (TPSA) is 326 Å². The van der Waals surface area contributed by atoms with Gasteiger partial charge in [0.15, 0.2) is 40.9 Å². The number of aromatic amines is 2. The SMILES string of the molecule is C#CCn1c(=O)n([C@@H]2O[C@H](C(=O)OC)C[C@H]2O)c2nc(N)[nH]c(=O)c21.C#CCn1c(=O)n([C@@H]2O[C@H](C(N)=O)C[C@H]2O)c2nc(N)[nH]c(=O)c21. The lowest BCUT2D eigenvalue weighted by atomic mass is 10.2. The number of aliphatic hydroxyl groups excluding tert-OH is 2. The molecule has 0 unspecified atom stereocenters. The Labute approximate surface area is 272 Å². The van der Waals surface area contributed by atoms with Crippen LogP contribution in [0.2, 0.25) is 0 Å². The maximum Gasteiger partial charge on any atom is 0.335 e. The van der Waals surface area contributed by atoms with Crippen LogP contribution in [0.3, 0.4) is 0 Å². The number of nitrogens with two attached hydrogens (primary N) is 3. The van der Waals surface area contributed by atoms with E-state index >= 15 is 0 Å². The summed E-state index contributed by atoms with van der Waals surface area (Å²) >= 11 is 0. The molecule has 2 aliphatic rings. The van der Waals surface area contributed by atoms with Crippen molar-refractivity contribution in [3.8, 4) is 24.7 Å². The van der Waals surface area contributed by atoms with Gasteiger partial charge >= 0.3 is 17.3 Å². The van der Waals surface area contributed by atoms with Gasteiger partial charge in [-0.25, -0.2) is 23.5 Å². The van der Waals surface area contributed by atoms with Crippen molar-refractivity contribution in [3.05, 3.63) is 41.7 Å². The van der Waals surface area contributed by atoms with E-state index in [0.717, 1.165) is 18.3 Å². The molecule has 6 heterocycles. The first kappa shape index (κ1) is 34.1. The lowest BCUT2D eigenvalue weighted by molar-refractivity contribution is -0.155. The van der Waals surface area contributed by atoms with E-state index in [2.05, 4.69) is 36.5 Å². The molecular weight excluding hydrogens is 654 g/mol. The number of esters is 1. The molecule has 0 spiro atoms. The van der Waals surface area contributed by atoms with Gasteiger partial charge in [-0.05, 0) is 0 Å². The van der Waals surface area contributed by atoms with Crippen molar-refractivity contribution in [2.45, 2.75) is 62.8 Å². The number of methoxy groups -OCH3 is 1. The van der Waals surface area contributed by atoms with Crippen LogP contribution in [0.15, 0.2) is 19.2 Å². The number of H-pyrrole nitrogens is 2. The summed E-state index contributed by atoms with van der Waals surface area (Å²) in [6, 6.07) is 0. The highest BCUT2D eigenvalue weighted by Gasteiger charge is 2.43. The summed E-state index contributed by atoms with van der Waals surface area (Å²) in [7, 11) is 1.18. The minimum absolute atomic E-state index is 0.0791. The summed E-state index contributed by atoms with van der Waals surface area (Å²) in [6.45, 7) is -0.390. The number of terminal acetylenes is 2. The maximum absolute atomic E-state index is 12.7. The quantitative estimate of drug-likeness (QED) is 0.0740. The summed E-state index contributed by atoms with van der Waals surface area (Å²) < 4.78 is 19.3. The number of nitrogens with zero attached hydrogens (tertiary/aromatic N) is 6. The molecular formula is C27H29N11O11. The molecule has 10 N–H and O–H groups in total. The van der Waals surface area contributed by atoms with Crippen LogP contribution in [0.1, 0.15) is 25.3 Å². The van der Waals surface area contributed by atoms with Crippen LogP contribution >= 0.6 is 0 Å². The molecule has 1 amide bonds. The van der Waals surface area contributed by atoms with E-state index in [4.69, 9.17) is 39.5 Å². The van der Waals surface area contributed by atoms with Crippen LogP contribution in [0.5, 0.6) is 0 Å². The fraction of sp³-hybridized carbons (Fsp3) is 0.407. The molecule has 0 saturated carbocycles. The number of amides is 1. The number of nitrogen functional groups attached to an aromatic ring is 2. The zero-order valence-electron chi connectivity index (χ0n) is 25.4. The number of primary amides is 1.